The third-order valence-corrected chi connectivity index (χ3v) is 7.66. The molecule has 4 aromatic rings. The summed E-state index contributed by atoms with van der Waals surface area (Å²) in [6, 6.07) is 13.5. The number of carbonyl (C=O) groups excluding carboxylic acids is 2. The molecule has 1 atom stereocenters. The van der Waals surface area contributed by atoms with E-state index >= 15 is 0 Å². The first-order valence-corrected chi connectivity index (χ1v) is 12.1. The molecule has 3 heterocycles. The van der Waals surface area contributed by atoms with Gasteiger partial charge in [0.2, 0.25) is 0 Å². The van der Waals surface area contributed by atoms with Crippen LogP contribution in [0.25, 0.3) is 16.0 Å². The van der Waals surface area contributed by atoms with Gasteiger partial charge >= 0.3 is 5.91 Å². The highest BCUT2D eigenvalue weighted by atomic mass is 32.1. The van der Waals surface area contributed by atoms with Crippen molar-refractivity contribution < 1.29 is 24.2 Å². The highest BCUT2D eigenvalue weighted by molar-refractivity contribution is 7.22. The zero-order valence-electron chi connectivity index (χ0n) is 18.6. The number of aliphatic hydroxyl groups is 1. The number of aromatic nitrogens is 1. The number of aliphatic hydroxyl groups excluding tert-OH is 1. The number of amides is 1. The van der Waals surface area contributed by atoms with Crippen molar-refractivity contribution in [1.82, 2.24) is 4.98 Å². The monoisotopic (exact) mass is 492 g/mol. The second-order valence-corrected chi connectivity index (χ2v) is 9.69. The number of hydrogen-bond donors (Lipinski definition) is 1. The zero-order valence-corrected chi connectivity index (χ0v) is 20.2. The molecule has 0 unspecified atom stereocenters. The van der Waals surface area contributed by atoms with Gasteiger partial charge in [-0.3, -0.25) is 14.5 Å². The van der Waals surface area contributed by atoms with Crippen LogP contribution < -0.4 is 14.4 Å². The van der Waals surface area contributed by atoms with Crippen molar-refractivity contribution >= 4 is 55.5 Å². The van der Waals surface area contributed by atoms with E-state index in [1.54, 1.807) is 38.5 Å². The van der Waals surface area contributed by atoms with E-state index in [1.165, 1.54) is 27.6 Å². The van der Waals surface area contributed by atoms with E-state index in [1.807, 2.05) is 36.6 Å². The third-order valence-electron chi connectivity index (χ3n) is 5.72. The molecule has 0 saturated carbocycles. The second kappa shape index (κ2) is 8.58. The van der Waals surface area contributed by atoms with Gasteiger partial charge in [0.05, 0.1) is 30.0 Å². The lowest BCUT2D eigenvalue weighted by molar-refractivity contribution is -0.132. The Morgan fingerprint density at radius 3 is 2.59 bits per heavy atom. The number of benzene rings is 2. The van der Waals surface area contributed by atoms with Gasteiger partial charge in [-0.25, -0.2) is 4.98 Å². The Labute approximate surface area is 203 Å². The average Bonchev–Trinajstić information content (AvgIpc) is 3.56. The molecule has 2 aromatic heterocycles. The van der Waals surface area contributed by atoms with Gasteiger partial charge in [0, 0.05) is 10.4 Å². The average molecular weight is 493 g/mol. The second-order valence-electron chi connectivity index (χ2n) is 7.70. The Morgan fingerprint density at radius 1 is 1.09 bits per heavy atom. The van der Waals surface area contributed by atoms with Gasteiger partial charge in [-0.05, 0) is 60.3 Å². The molecule has 1 aliphatic heterocycles. The van der Waals surface area contributed by atoms with Crippen LogP contribution in [0.1, 0.15) is 22.0 Å². The maximum absolute atomic E-state index is 13.3. The molecule has 172 valence electrons. The number of methoxy groups -OCH3 is 2. The molecular weight excluding hydrogens is 472 g/mol. The Hall–Kier alpha value is -3.69. The summed E-state index contributed by atoms with van der Waals surface area (Å²) in [6.07, 6.45) is 0. The van der Waals surface area contributed by atoms with Crippen LogP contribution in [0, 0.1) is 6.92 Å². The minimum atomic E-state index is -0.787. The first-order valence-electron chi connectivity index (χ1n) is 10.4. The van der Waals surface area contributed by atoms with Crippen molar-refractivity contribution in [1.29, 1.82) is 0 Å². The molecule has 2 aromatic carbocycles. The largest absolute Gasteiger partial charge is 0.507 e. The number of anilines is 1. The van der Waals surface area contributed by atoms with Crippen molar-refractivity contribution in [2.24, 2.45) is 0 Å². The lowest BCUT2D eigenvalue weighted by atomic mass is 9.99. The van der Waals surface area contributed by atoms with Crippen molar-refractivity contribution in [2.75, 3.05) is 19.1 Å². The Balaban J connectivity index is 1.68. The quantitative estimate of drug-likeness (QED) is 0.231. The lowest BCUT2D eigenvalue weighted by Crippen LogP contribution is -2.28. The molecule has 5 rings (SSSR count). The number of nitrogens with zero attached hydrogens (tertiary/aromatic N) is 2. The van der Waals surface area contributed by atoms with Crippen molar-refractivity contribution in [2.45, 2.75) is 13.0 Å². The van der Waals surface area contributed by atoms with Gasteiger partial charge < -0.3 is 14.6 Å². The highest BCUT2D eigenvalue weighted by Gasteiger charge is 2.48. The maximum atomic E-state index is 13.3. The van der Waals surface area contributed by atoms with Crippen LogP contribution in [0.3, 0.4) is 0 Å². The minimum absolute atomic E-state index is 0.0360. The molecular formula is C25H20N2O5S2. The van der Waals surface area contributed by atoms with Crippen LogP contribution in [0.5, 0.6) is 11.5 Å². The number of ketones is 1. The summed E-state index contributed by atoms with van der Waals surface area (Å²) in [5.41, 5.74) is 1.97. The van der Waals surface area contributed by atoms with E-state index in [2.05, 4.69) is 4.98 Å². The Morgan fingerprint density at radius 2 is 1.91 bits per heavy atom. The van der Waals surface area contributed by atoms with Gasteiger partial charge in [0.15, 0.2) is 5.13 Å². The maximum Gasteiger partial charge on any atom is 0.301 e. The molecule has 0 radical (unpaired) electrons. The Kier molecular flexibility index (Phi) is 5.59. The number of hydrogen-bond acceptors (Lipinski definition) is 8. The van der Waals surface area contributed by atoms with Crippen LogP contribution in [0.2, 0.25) is 0 Å². The first-order chi connectivity index (χ1) is 16.4. The van der Waals surface area contributed by atoms with Gasteiger partial charge in [-0.1, -0.05) is 17.4 Å². The van der Waals surface area contributed by atoms with E-state index in [4.69, 9.17) is 9.47 Å². The molecule has 1 fully saturated rings. The number of ether oxygens (including phenoxy) is 2. The number of Topliss-reactive ketones (excluding diaryl/α,β-unsaturated/α-hetero) is 1. The Bertz CT molecular complexity index is 1460. The van der Waals surface area contributed by atoms with E-state index in [-0.39, 0.29) is 11.3 Å². The molecule has 0 spiro atoms. The van der Waals surface area contributed by atoms with Gasteiger partial charge in [-0.15, -0.1) is 11.3 Å². The molecule has 34 heavy (non-hydrogen) atoms. The molecule has 0 bridgehead atoms. The van der Waals surface area contributed by atoms with Crippen molar-refractivity contribution in [3.63, 3.8) is 0 Å². The summed E-state index contributed by atoms with van der Waals surface area (Å²) < 4.78 is 11.4. The summed E-state index contributed by atoms with van der Waals surface area (Å²) in [4.78, 5) is 33.3. The molecule has 1 amide bonds. The predicted molar refractivity (Wildman–Crippen MR) is 133 cm³/mol. The van der Waals surface area contributed by atoms with E-state index in [0.29, 0.717) is 27.7 Å². The van der Waals surface area contributed by atoms with Crippen LogP contribution in [0.4, 0.5) is 5.13 Å². The number of fused-ring (bicyclic) bond motifs is 1. The SMILES string of the molecule is COc1ccc2nc(N3C(=O)C(=O)/C(=C(/O)c4ccc(OC)c(C)c4)[C@@H]3c3cccs3)sc2c1. The normalized spacial score (nSPS) is 17.5. The minimum Gasteiger partial charge on any atom is -0.507 e. The van der Waals surface area contributed by atoms with Gasteiger partial charge in [-0.2, -0.15) is 0 Å². The molecule has 1 aliphatic rings. The van der Waals surface area contributed by atoms with Crippen LogP contribution in [-0.2, 0) is 9.59 Å². The summed E-state index contributed by atoms with van der Waals surface area (Å²) in [7, 11) is 3.15. The molecule has 7 nitrogen and oxygen atoms in total. The zero-order chi connectivity index (χ0) is 24.0. The van der Waals surface area contributed by atoms with Crippen molar-refractivity contribution in [3.8, 4) is 11.5 Å². The smallest absolute Gasteiger partial charge is 0.301 e. The summed E-state index contributed by atoms with van der Waals surface area (Å²) in [5.74, 6) is -0.364. The van der Waals surface area contributed by atoms with Gasteiger partial charge in [0.1, 0.15) is 23.3 Å². The number of rotatable bonds is 5. The fourth-order valence-corrected chi connectivity index (χ4v) is 5.89. The van der Waals surface area contributed by atoms with Crippen LogP contribution in [-0.4, -0.2) is 36.0 Å². The predicted octanol–water partition coefficient (Wildman–Crippen LogP) is 5.31. The number of carbonyl (C=O) groups is 2. The number of thiazole rings is 1. The number of aryl methyl sites for hydroxylation is 1. The van der Waals surface area contributed by atoms with Crippen LogP contribution in [0.15, 0.2) is 59.5 Å². The summed E-state index contributed by atoms with van der Waals surface area (Å²) in [5, 5.41) is 13.5. The topological polar surface area (TPSA) is 89.0 Å². The summed E-state index contributed by atoms with van der Waals surface area (Å²) >= 11 is 2.70. The van der Waals surface area contributed by atoms with Gasteiger partial charge in [0.25, 0.3) is 5.78 Å². The highest BCUT2D eigenvalue weighted by Crippen LogP contribution is 2.45. The summed E-state index contributed by atoms with van der Waals surface area (Å²) in [6.45, 7) is 1.85. The van der Waals surface area contributed by atoms with E-state index in [9.17, 15) is 14.7 Å². The first kappa shape index (κ1) is 22.1. The number of thiophene rings is 1. The fraction of sp³-hybridized carbons (Fsp3) is 0.160. The van der Waals surface area contributed by atoms with Crippen molar-refractivity contribution in [3.05, 3.63) is 75.5 Å². The molecule has 9 heteroatoms. The molecule has 1 N–H and O–H groups in total. The lowest BCUT2D eigenvalue weighted by Gasteiger charge is -2.21. The standard InChI is InChI=1S/C25H20N2O5S2/c1-13-11-14(6-9-17(13)32-3)22(28)20-21(18-5-4-10-33-18)27(24(30)23(20)29)25-26-16-8-7-15(31-2)12-19(16)34-25/h4-12,21,28H,1-3H3/b22-20+/t21-/m0/s1. The molecule has 1 saturated heterocycles. The van der Waals surface area contributed by atoms with Crippen LogP contribution >= 0.6 is 22.7 Å². The van der Waals surface area contributed by atoms with E-state index in [0.717, 1.165) is 15.1 Å². The fourth-order valence-electron chi connectivity index (χ4n) is 4.05. The van der Waals surface area contributed by atoms with E-state index < -0.39 is 17.7 Å². The third kappa shape index (κ3) is 3.53. The molecule has 0 aliphatic carbocycles.